The lowest BCUT2D eigenvalue weighted by atomic mass is 10.1. The van der Waals surface area contributed by atoms with E-state index in [0.717, 1.165) is 23.1 Å². The Balaban J connectivity index is 1.21. The molecule has 0 atom stereocenters. The SMILES string of the molecule is CC(=O)c1ccc(N2CCN(C(=O)Cc3csc(SCC(=O)Nc4ccc(F)cc4)n3)CC2)cc1. The van der Waals surface area contributed by atoms with E-state index in [1.54, 1.807) is 6.92 Å². The molecule has 1 fully saturated rings. The Morgan fingerprint density at radius 3 is 2.37 bits per heavy atom. The van der Waals surface area contributed by atoms with Crippen LogP contribution in [0.15, 0.2) is 58.3 Å². The third-order valence-electron chi connectivity index (χ3n) is 5.59. The molecule has 1 N–H and O–H groups in total. The topological polar surface area (TPSA) is 82.6 Å². The summed E-state index contributed by atoms with van der Waals surface area (Å²) in [5, 5.41) is 4.57. The number of carbonyl (C=O) groups excluding carboxylic acids is 3. The summed E-state index contributed by atoms with van der Waals surface area (Å²) in [5.41, 5.74) is 2.97. The number of piperazine rings is 1. The van der Waals surface area contributed by atoms with Crippen molar-refractivity contribution < 1.29 is 18.8 Å². The number of nitrogens with one attached hydrogen (secondary N) is 1. The highest BCUT2D eigenvalue weighted by Gasteiger charge is 2.22. The molecule has 1 aromatic heterocycles. The number of thiazole rings is 1. The van der Waals surface area contributed by atoms with E-state index < -0.39 is 0 Å². The van der Waals surface area contributed by atoms with Crippen LogP contribution < -0.4 is 10.2 Å². The van der Waals surface area contributed by atoms with Crippen molar-refractivity contribution in [3.05, 3.63) is 71.0 Å². The van der Waals surface area contributed by atoms with Gasteiger partial charge in [-0.05, 0) is 55.5 Å². The van der Waals surface area contributed by atoms with E-state index in [-0.39, 0.29) is 35.6 Å². The molecule has 0 bridgehead atoms. The molecular formula is C25H25FN4O3S2. The number of thioether (sulfide) groups is 1. The highest BCUT2D eigenvalue weighted by Crippen LogP contribution is 2.24. The zero-order valence-electron chi connectivity index (χ0n) is 19.2. The van der Waals surface area contributed by atoms with Crippen molar-refractivity contribution in [3.8, 4) is 0 Å². The second-order valence-electron chi connectivity index (χ2n) is 8.10. The molecule has 4 rings (SSSR count). The van der Waals surface area contributed by atoms with Gasteiger partial charge < -0.3 is 15.1 Å². The standard InChI is InChI=1S/C25H25FN4O3S2/c1-17(31)18-2-8-22(9-3-18)29-10-12-30(13-11-29)24(33)14-21-15-34-25(28-21)35-16-23(32)27-20-6-4-19(26)5-7-20/h2-9,15H,10-14,16H2,1H3,(H,27,32). The summed E-state index contributed by atoms with van der Waals surface area (Å²) < 4.78 is 13.7. The van der Waals surface area contributed by atoms with E-state index in [4.69, 9.17) is 0 Å². The number of amides is 2. The number of carbonyl (C=O) groups is 3. The number of ketones is 1. The molecule has 0 unspecified atom stereocenters. The number of anilines is 2. The molecule has 7 nitrogen and oxygen atoms in total. The van der Waals surface area contributed by atoms with Gasteiger partial charge in [-0.1, -0.05) is 11.8 Å². The molecule has 2 amide bonds. The number of aromatic nitrogens is 1. The minimum Gasteiger partial charge on any atom is -0.368 e. The van der Waals surface area contributed by atoms with Crippen LogP contribution in [0, 0.1) is 5.82 Å². The quantitative estimate of drug-likeness (QED) is 0.361. The van der Waals surface area contributed by atoms with Crippen molar-refractivity contribution in [2.45, 2.75) is 17.7 Å². The highest BCUT2D eigenvalue weighted by atomic mass is 32.2. The molecule has 3 aromatic rings. The van der Waals surface area contributed by atoms with Gasteiger partial charge in [0.2, 0.25) is 11.8 Å². The number of nitrogens with zero attached hydrogens (tertiary/aromatic N) is 3. The van der Waals surface area contributed by atoms with Gasteiger partial charge >= 0.3 is 0 Å². The zero-order valence-corrected chi connectivity index (χ0v) is 20.8. The van der Waals surface area contributed by atoms with Crippen molar-refractivity contribution >= 4 is 52.1 Å². The summed E-state index contributed by atoms with van der Waals surface area (Å²) in [4.78, 5) is 44.9. The fourth-order valence-corrected chi connectivity index (χ4v) is 5.33. The first-order valence-corrected chi connectivity index (χ1v) is 13.0. The van der Waals surface area contributed by atoms with Crippen LogP contribution >= 0.6 is 23.1 Å². The largest absolute Gasteiger partial charge is 0.368 e. The molecule has 10 heteroatoms. The lowest BCUT2D eigenvalue weighted by Crippen LogP contribution is -2.49. The van der Waals surface area contributed by atoms with Crippen molar-refractivity contribution in [2.24, 2.45) is 0 Å². The summed E-state index contributed by atoms with van der Waals surface area (Å²) in [7, 11) is 0. The first-order valence-electron chi connectivity index (χ1n) is 11.1. The van der Waals surface area contributed by atoms with E-state index in [1.807, 2.05) is 34.5 Å². The van der Waals surface area contributed by atoms with E-state index in [9.17, 15) is 18.8 Å². The number of hydrogen-bond acceptors (Lipinski definition) is 7. The van der Waals surface area contributed by atoms with Gasteiger partial charge in [-0.2, -0.15) is 0 Å². The van der Waals surface area contributed by atoms with Gasteiger partial charge in [0, 0.05) is 48.5 Å². The molecule has 182 valence electrons. The number of Topliss-reactive ketones (excluding diaryl/α,β-unsaturated/α-hetero) is 1. The number of hydrogen-bond donors (Lipinski definition) is 1. The van der Waals surface area contributed by atoms with Crippen LogP contribution in [-0.4, -0.2) is 59.4 Å². The van der Waals surface area contributed by atoms with E-state index in [2.05, 4.69) is 15.2 Å². The highest BCUT2D eigenvalue weighted by molar-refractivity contribution is 8.01. The molecular weight excluding hydrogens is 487 g/mol. The molecule has 0 spiro atoms. The number of halogens is 1. The van der Waals surface area contributed by atoms with E-state index in [1.165, 1.54) is 47.4 Å². The number of benzene rings is 2. The van der Waals surface area contributed by atoms with Gasteiger partial charge in [0.25, 0.3) is 0 Å². The average Bonchev–Trinajstić information content (AvgIpc) is 3.31. The van der Waals surface area contributed by atoms with E-state index >= 15 is 0 Å². The summed E-state index contributed by atoms with van der Waals surface area (Å²) in [6, 6.07) is 13.2. The third kappa shape index (κ3) is 6.89. The van der Waals surface area contributed by atoms with E-state index in [0.29, 0.717) is 30.0 Å². The second-order valence-corrected chi connectivity index (χ2v) is 10.2. The van der Waals surface area contributed by atoms with Crippen LogP contribution in [0.5, 0.6) is 0 Å². The average molecular weight is 513 g/mol. The molecule has 1 aliphatic heterocycles. The first kappa shape index (κ1) is 24.9. The van der Waals surface area contributed by atoms with Gasteiger partial charge in [-0.25, -0.2) is 9.37 Å². The monoisotopic (exact) mass is 512 g/mol. The third-order valence-corrected chi connectivity index (χ3v) is 7.66. The molecule has 0 radical (unpaired) electrons. The summed E-state index contributed by atoms with van der Waals surface area (Å²) in [6.07, 6.45) is 0.228. The summed E-state index contributed by atoms with van der Waals surface area (Å²) >= 11 is 2.71. The van der Waals surface area contributed by atoms with Gasteiger partial charge in [-0.3, -0.25) is 14.4 Å². The molecule has 0 aliphatic carbocycles. The van der Waals surface area contributed by atoms with Crippen LogP contribution in [0.1, 0.15) is 23.0 Å². The van der Waals surface area contributed by atoms with Gasteiger partial charge in [0.1, 0.15) is 5.82 Å². The fraction of sp³-hybridized carbons (Fsp3) is 0.280. The van der Waals surface area contributed by atoms with Crippen LogP contribution in [0.4, 0.5) is 15.8 Å². The fourth-order valence-electron chi connectivity index (χ4n) is 3.68. The van der Waals surface area contributed by atoms with Gasteiger partial charge in [0.05, 0.1) is 17.9 Å². The number of rotatable bonds is 8. The van der Waals surface area contributed by atoms with Crippen LogP contribution in [0.3, 0.4) is 0 Å². The minimum atomic E-state index is -0.357. The molecule has 1 saturated heterocycles. The Morgan fingerprint density at radius 2 is 1.71 bits per heavy atom. The Morgan fingerprint density at radius 1 is 1.03 bits per heavy atom. The Labute approximate surface area is 211 Å². The van der Waals surface area contributed by atoms with Crippen LogP contribution in [0.25, 0.3) is 0 Å². The maximum atomic E-state index is 13.0. The molecule has 2 heterocycles. The molecule has 0 saturated carbocycles. The van der Waals surface area contributed by atoms with Crippen molar-refractivity contribution in [3.63, 3.8) is 0 Å². The van der Waals surface area contributed by atoms with Crippen molar-refractivity contribution in [1.29, 1.82) is 0 Å². The lowest BCUT2D eigenvalue weighted by molar-refractivity contribution is -0.130. The predicted octanol–water partition coefficient (Wildman–Crippen LogP) is 4.11. The van der Waals surface area contributed by atoms with Gasteiger partial charge in [0.15, 0.2) is 10.1 Å². The molecule has 1 aliphatic rings. The summed E-state index contributed by atoms with van der Waals surface area (Å²) in [6.45, 7) is 4.26. The normalized spacial score (nSPS) is 13.5. The maximum Gasteiger partial charge on any atom is 0.234 e. The van der Waals surface area contributed by atoms with Gasteiger partial charge in [-0.15, -0.1) is 11.3 Å². The first-order chi connectivity index (χ1) is 16.9. The molecule has 2 aromatic carbocycles. The maximum absolute atomic E-state index is 13.0. The Bertz CT molecular complexity index is 1190. The Hall–Kier alpha value is -3.24. The lowest BCUT2D eigenvalue weighted by Gasteiger charge is -2.36. The molecule has 35 heavy (non-hydrogen) atoms. The second kappa shape index (κ2) is 11.5. The minimum absolute atomic E-state index is 0.0347. The Kier molecular flexibility index (Phi) is 8.14. The van der Waals surface area contributed by atoms with Crippen LogP contribution in [-0.2, 0) is 16.0 Å². The summed E-state index contributed by atoms with van der Waals surface area (Å²) in [5.74, 6) is -0.308. The van der Waals surface area contributed by atoms with Crippen molar-refractivity contribution in [1.82, 2.24) is 9.88 Å². The predicted molar refractivity (Wildman–Crippen MR) is 137 cm³/mol. The van der Waals surface area contributed by atoms with Crippen molar-refractivity contribution in [2.75, 3.05) is 42.1 Å². The smallest absolute Gasteiger partial charge is 0.234 e. The zero-order chi connectivity index (χ0) is 24.8. The van der Waals surface area contributed by atoms with Crippen LogP contribution in [0.2, 0.25) is 0 Å².